The van der Waals surface area contributed by atoms with Crippen LogP contribution >= 0.6 is 11.3 Å². The molecule has 1 atom stereocenters. The fraction of sp³-hybridized carbons (Fsp3) is 0.565. The van der Waals surface area contributed by atoms with Crippen LogP contribution in [0.3, 0.4) is 0 Å². The van der Waals surface area contributed by atoms with Crippen LogP contribution in [0.25, 0.3) is 0 Å². The second kappa shape index (κ2) is 10.7. The molecule has 0 saturated heterocycles. The van der Waals surface area contributed by atoms with Crippen molar-refractivity contribution >= 4 is 27.2 Å². The number of hydrogen-bond acceptors (Lipinski definition) is 7. The van der Waals surface area contributed by atoms with Crippen molar-refractivity contribution in [2.45, 2.75) is 82.8 Å². The highest BCUT2D eigenvalue weighted by molar-refractivity contribution is 7.93. The first-order chi connectivity index (χ1) is 15.2. The fourth-order valence-electron chi connectivity index (χ4n) is 3.57. The molecule has 1 aromatic heterocycles. The van der Waals surface area contributed by atoms with Crippen molar-refractivity contribution in [3.63, 3.8) is 0 Å². The average molecular weight is 498 g/mol. The number of amides is 1. The van der Waals surface area contributed by atoms with Crippen molar-refractivity contribution in [1.29, 1.82) is 0 Å². The lowest BCUT2D eigenvalue weighted by molar-refractivity contribution is -0.117. The summed E-state index contributed by atoms with van der Waals surface area (Å²) in [5.41, 5.74) is 2.65. The third-order valence-corrected chi connectivity index (χ3v) is 8.51. The molecule has 0 aliphatic rings. The molecule has 8 nitrogen and oxygen atoms in total. The highest BCUT2D eigenvalue weighted by atomic mass is 32.2. The van der Waals surface area contributed by atoms with Gasteiger partial charge in [0.05, 0.1) is 25.3 Å². The fourth-order valence-corrected chi connectivity index (χ4v) is 6.10. The summed E-state index contributed by atoms with van der Waals surface area (Å²) in [6.45, 7) is 11.2. The monoisotopic (exact) mass is 497 g/mol. The first kappa shape index (κ1) is 27.6. The van der Waals surface area contributed by atoms with Gasteiger partial charge < -0.3 is 14.9 Å². The summed E-state index contributed by atoms with van der Waals surface area (Å²) in [6, 6.07) is 4.07. The van der Waals surface area contributed by atoms with Crippen LogP contribution in [-0.2, 0) is 44.7 Å². The Labute approximate surface area is 200 Å². The molecular formula is C23H35N3O5S2. The molecule has 1 amide bonds. The van der Waals surface area contributed by atoms with Crippen LogP contribution in [0, 0.1) is 0 Å². The van der Waals surface area contributed by atoms with E-state index in [2.05, 4.69) is 37.0 Å². The number of nitrogens with two attached hydrogens (primary N) is 1. The molecule has 4 N–H and O–H groups in total. The van der Waals surface area contributed by atoms with Gasteiger partial charge in [-0.3, -0.25) is 4.79 Å². The summed E-state index contributed by atoms with van der Waals surface area (Å²) in [7, 11) is -2.01. The zero-order chi connectivity index (χ0) is 25.1. The van der Waals surface area contributed by atoms with Gasteiger partial charge in [0.1, 0.15) is 14.8 Å². The molecule has 2 aromatic rings. The minimum Gasteiger partial charge on any atom is -0.390 e. The molecule has 0 saturated carbocycles. The molecular weight excluding hydrogens is 462 g/mol. The van der Waals surface area contributed by atoms with Crippen molar-refractivity contribution in [2.75, 3.05) is 7.11 Å². The Kier molecular flexibility index (Phi) is 8.94. The van der Waals surface area contributed by atoms with Crippen LogP contribution in [0.2, 0.25) is 0 Å². The first-order valence-corrected chi connectivity index (χ1v) is 13.2. The average Bonchev–Trinajstić information content (AvgIpc) is 3.14. The minimum absolute atomic E-state index is 0.000849. The minimum atomic E-state index is -3.65. The smallest absolute Gasteiger partial charge is 0.259 e. The standard InChI is InChI=1S/C23H35N3O5S2/c1-13(2)16-8-15(12-31-7)9-17(14(3)4)18(16)10-20(28)26-33(24,30)21-19(11-27)25-22(32-21)23(5,6)29/h8-9,13-14,27,29H,10-12H2,1-7H3,(H2,24,26,28,30). The maximum atomic E-state index is 13.2. The maximum Gasteiger partial charge on any atom is 0.259 e. The molecule has 184 valence electrons. The highest BCUT2D eigenvalue weighted by Gasteiger charge is 2.28. The van der Waals surface area contributed by atoms with Gasteiger partial charge in [0.2, 0.25) is 0 Å². The van der Waals surface area contributed by atoms with Gasteiger partial charge >= 0.3 is 0 Å². The maximum absolute atomic E-state index is 13.2. The Bertz CT molecular complexity index is 1090. The van der Waals surface area contributed by atoms with Gasteiger partial charge in [-0.05, 0) is 47.9 Å². The number of carbonyl (C=O) groups excluding carboxylic acids is 1. The van der Waals surface area contributed by atoms with Crippen LogP contribution < -0.4 is 5.14 Å². The lowest BCUT2D eigenvalue weighted by atomic mass is 9.85. The normalized spacial score (nSPS) is 14.1. The van der Waals surface area contributed by atoms with Gasteiger partial charge in [-0.25, -0.2) is 14.3 Å². The quantitative estimate of drug-likeness (QED) is 0.483. The number of aliphatic hydroxyl groups is 2. The summed E-state index contributed by atoms with van der Waals surface area (Å²) in [5.74, 6) is -0.310. The van der Waals surface area contributed by atoms with E-state index in [9.17, 15) is 19.2 Å². The van der Waals surface area contributed by atoms with Gasteiger partial charge in [-0.2, -0.15) is 0 Å². The SMILES string of the molecule is COCc1cc(C(C)C)c(CC(=O)N=S(N)(=O)c2sc(C(C)(C)O)nc2CO)c(C(C)C)c1. The molecule has 1 aromatic carbocycles. The topological polar surface area (TPSA) is 135 Å². The Hall–Kier alpha value is -1.69. The van der Waals surface area contributed by atoms with E-state index in [-0.39, 0.29) is 33.2 Å². The molecule has 0 aliphatic heterocycles. The number of thiazole rings is 1. The summed E-state index contributed by atoms with van der Waals surface area (Å²) in [4.78, 5) is 17.1. The van der Waals surface area contributed by atoms with Gasteiger partial charge in [0.25, 0.3) is 5.91 Å². The lowest BCUT2D eigenvalue weighted by Crippen LogP contribution is -2.17. The molecule has 0 bridgehead atoms. The van der Waals surface area contributed by atoms with E-state index in [1.807, 2.05) is 12.1 Å². The number of aliphatic hydroxyl groups excluding tert-OH is 1. The Balaban J connectivity index is 2.54. The van der Waals surface area contributed by atoms with Crippen LogP contribution in [-0.4, -0.2) is 32.4 Å². The lowest BCUT2D eigenvalue weighted by Gasteiger charge is -2.21. The molecule has 0 aliphatic carbocycles. The molecule has 1 unspecified atom stereocenters. The third kappa shape index (κ3) is 6.68. The number of ether oxygens (including phenoxy) is 1. The predicted octanol–water partition coefficient (Wildman–Crippen LogP) is 3.73. The highest BCUT2D eigenvalue weighted by Crippen LogP contribution is 2.33. The predicted molar refractivity (Wildman–Crippen MR) is 130 cm³/mol. The van der Waals surface area contributed by atoms with Crippen molar-refractivity contribution < 1.29 is 24.0 Å². The summed E-state index contributed by atoms with van der Waals surface area (Å²) in [6.07, 6.45) is -0.0475. The number of carbonyl (C=O) groups is 1. The second-order valence-electron chi connectivity index (χ2n) is 9.20. The van der Waals surface area contributed by atoms with Gasteiger partial charge in [-0.1, -0.05) is 39.8 Å². The Morgan fingerprint density at radius 1 is 1.24 bits per heavy atom. The van der Waals surface area contributed by atoms with Crippen LogP contribution in [0.4, 0.5) is 0 Å². The van der Waals surface area contributed by atoms with Crippen molar-refractivity contribution in [2.24, 2.45) is 9.50 Å². The van der Waals surface area contributed by atoms with E-state index >= 15 is 0 Å². The van der Waals surface area contributed by atoms with E-state index < -0.39 is 28.0 Å². The summed E-state index contributed by atoms with van der Waals surface area (Å²) >= 11 is 0.888. The van der Waals surface area contributed by atoms with E-state index in [0.717, 1.165) is 33.6 Å². The number of aromatic nitrogens is 1. The molecule has 0 fully saturated rings. The van der Waals surface area contributed by atoms with Crippen molar-refractivity contribution in [3.8, 4) is 0 Å². The molecule has 0 radical (unpaired) electrons. The van der Waals surface area contributed by atoms with Crippen LogP contribution in [0.1, 0.15) is 86.3 Å². The summed E-state index contributed by atoms with van der Waals surface area (Å²) in [5, 5.41) is 26.1. The van der Waals surface area contributed by atoms with Gasteiger partial charge in [0.15, 0.2) is 9.92 Å². The van der Waals surface area contributed by atoms with Gasteiger partial charge in [0, 0.05) is 7.11 Å². The van der Waals surface area contributed by atoms with Crippen molar-refractivity contribution in [3.05, 3.63) is 45.1 Å². The Morgan fingerprint density at radius 3 is 2.21 bits per heavy atom. The largest absolute Gasteiger partial charge is 0.390 e. The Morgan fingerprint density at radius 2 is 1.79 bits per heavy atom. The van der Waals surface area contributed by atoms with E-state index in [1.165, 1.54) is 13.8 Å². The molecule has 1 heterocycles. The zero-order valence-electron chi connectivity index (χ0n) is 20.3. The summed E-state index contributed by atoms with van der Waals surface area (Å²) < 4.78 is 22.4. The number of nitrogens with zero attached hydrogens (tertiary/aromatic N) is 2. The van der Waals surface area contributed by atoms with Gasteiger partial charge in [-0.15, -0.1) is 15.7 Å². The number of hydrogen-bond donors (Lipinski definition) is 3. The molecule has 0 spiro atoms. The van der Waals surface area contributed by atoms with E-state index in [0.29, 0.717) is 6.61 Å². The molecule has 10 heteroatoms. The molecule has 33 heavy (non-hydrogen) atoms. The number of benzene rings is 1. The number of rotatable bonds is 9. The van der Waals surface area contributed by atoms with Crippen molar-refractivity contribution in [1.82, 2.24) is 4.98 Å². The zero-order valence-corrected chi connectivity index (χ0v) is 22.0. The van der Waals surface area contributed by atoms with Crippen LogP contribution in [0.15, 0.2) is 20.7 Å². The number of methoxy groups -OCH3 is 1. The second-order valence-corrected chi connectivity index (χ2v) is 12.2. The van der Waals surface area contributed by atoms with Crippen LogP contribution in [0.5, 0.6) is 0 Å². The van der Waals surface area contributed by atoms with E-state index in [1.54, 1.807) is 7.11 Å². The van der Waals surface area contributed by atoms with E-state index in [4.69, 9.17) is 9.88 Å². The third-order valence-electron chi connectivity index (χ3n) is 5.10. The first-order valence-electron chi connectivity index (χ1n) is 10.8. The molecule has 2 rings (SSSR count).